The highest BCUT2D eigenvalue weighted by Gasteiger charge is 2.35. The number of likely N-dealkylation sites (tertiary alicyclic amines) is 1. The molecule has 2 heterocycles. The first-order valence-electron chi connectivity index (χ1n) is 10.5. The summed E-state index contributed by atoms with van der Waals surface area (Å²) in [4.78, 5) is 31.4. The van der Waals surface area contributed by atoms with Gasteiger partial charge in [0.1, 0.15) is 12.6 Å². The fourth-order valence-electron chi connectivity index (χ4n) is 3.62. The smallest absolute Gasteiger partial charge is 0.410 e. The van der Waals surface area contributed by atoms with Gasteiger partial charge in [-0.2, -0.15) is 0 Å². The number of carbonyl (C=O) groups excluding carboxylic acids is 2. The maximum Gasteiger partial charge on any atom is 0.410 e. The van der Waals surface area contributed by atoms with Gasteiger partial charge in [0.05, 0.1) is 5.69 Å². The van der Waals surface area contributed by atoms with E-state index in [1.807, 2.05) is 47.8 Å². The van der Waals surface area contributed by atoms with Crippen LogP contribution in [0.3, 0.4) is 0 Å². The summed E-state index contributed by atoms with van der Waals surface area (Å²) in [5.41, 5.74) is 4.03. The number of thiazole rings is 1. The molecule has 1 atom stereocenters. The number of rotatable bonds is 6. The van der Waals surface area contributed by atoms with Crippen molar-refractivity contribution in [1.82, 2.24) is 9.88 Å². The molecule has 1 unspecified atom stereocenters. The molecule has 2 aromatic carbocycles. The van der Waals surface area contributed by atoms with Gasteiger partial charge in [0, 0.05) is 17.5 Å². The number of carbonyl (C=O) groups is 2. The summed E-state index contributed by atoms with van der Waals surface area (Å²) in [5, 5.41) is 5.33. The van der Waals surface area contributed by atoms with Crippen molar-refractivity contribution in [3.05, 3.63) is 71.1 Å². The lowest BCUT2D eigenvalue weighted by Crippen LogP contribution is -2.43. The van der Waals surface area contributed by atoms with Gasteiger partial charge in [0.25, 0.3) is 0 Å². The van der Waals surface area contributed by atoms with Gasteiger partial charge in [0.2, 0.25) is 5.91 Å². The van der Waals surface area contributed by atoms with Crippen LogP contribution in [0.25, 0.3) is 11.3 Å². The second-order valence-corrected chi connectivity index (χ2v) is 8.33. The Balaban J connectivity index is 1.36. The molecule has 4 rings (SSSR count). The molecule has 1 N–H and O–H groups in total. The third-order valence-corrected chi connectivity index (χ3v) is 6.15. The largest absolute Gasteiger partial charge is 0.445 e. The minimum Gasteiger partial charge on any atom is -0.445 e. The van der Waals surface area contributed by atoms with Crippen LogP contribution < -0.4 is 5.32 Å². The standard InChI is InChI=1S/C24H25N3O3S/c1-2-17-10-12-19(13-11-17)20-16-31-23(25-20)26-22(28)21-9-6-14-27(21)24(29)30-15-18-7-4-3-5-8-18/h3-5,7-8,10-13,16,21H,2,6,9,14-15H2,1H3,(H,25,26,28). The lowest BCUT2D eigenvalue weighted by molar-refractivity contribution is -0.120. The number of nitrogens with one attached hydrogen (secondary N) is 1. The highest BCUT2D eigenvalue weighted by molar-refractivity contribution is 7.14. The van der Waals surface area contributed by atoms with E-state index in [1.54, 1.807) is 0 Å². The molecule has 0 aliphatic carbocycles. The van der Waals surface area contributed by atoms with Gasteiger partial charge in [-0.15, -0.1) is 11.3 Å². The van der Waals surface area contributed by atoms with Crippen molar-refractivity contribution in [2.24, 2.45) is 0 Å². The van der Waals surface area contributed by atoms with Crippen molar-refractivity contribution >= 4 is 28.5 Å². The molecule has 0 saturated carbocycles. The summed E-state index contributed by atoms with van der Waals surface area (Å²) in [5.74, 6) is -0.226. The number of aryl methyl sites for hydroxylation is 1. The number of nitrogens with zero attached hydrogens (tertiary/aromatic N) is 2. The third kappa shape index (κ3) is 5.11. The van der Waals surface area contributed by atoms with Crippen LogP contribution in [0, 0.1) is 0 Å². The number of benzene rings is 2. The van der Waals surface area contributed by atoms with E-state index in [0.29, 0.717) is 18.1 Å². The lowest BCUT2D eigenvalue weighted by Gasteiger charge is -2.22. The minimum absolute atomic E-state index is 0.192. The molecule has 31 heavy (non-hydrogen) atoms. The van der Waals surface area contributed by atoms with Gasteiger partial charge in [-0.25, -0.2) is 9.78 Å². The molecule has 0 spiro atoms. The molecular formula is C24H25N3O3S. The number of ether oxygens (including phenoxy) is 1. The molecule has 1 aliphatic rings. The Hall–Kier alpha value is -3.19. The van der Waals surface area contributed by atoms with Crippen molar-refractivity contribution < 1.29 is 14.3 Å². The Morgan fingerprint density at radius 2 is 1.90 bits per heavy atom. The summed E-state index contributed by atoms with van der Waals surface area (Å²) in [6.07, 6.45) is 1.91. The van der Waals surface area contributed by atoms with Crippen molar-refractivity contribution in [2.45, 2.75) is 38.8 Å². The summed E-state index contributed by atoms with van der Waals surface area (Å²) < 4.78 is 5.42. The molecule has 160 valence electrons. The molecule has 6 nitrogen and oxygen atoms in total. The highest BCUT2D eigenvalue weighted by atomic mass is 32.1. The second-order valence-electron chi connectivity index (χ2n) is 7.47. The number of amides is 2. The van der Waals surface area contributed by atoms with E-state index in [2.05, 4.69) is 29.4 Å². The van der Waals surface area contributed by atoms with Crippen molar-refractivity contribution in [3.63, 3.8) is 0 Å². The lowest BCUT2D eigenvalue weighted by atomic mass is 10.1. The van der Waals surface area contributed by atoms with Crippen LogP contribution in [0.1, 0.15) is 30.9 Å². The average molecular weight is 436 g/mol. The topological polar surface area (TPSA) is 71.5 Å². The molecular weight excluding hydrogens is 410 g/mol. The zero-order chi connectivity index (χ0) is 21.6. The molecule has 1 fully saturated rings. The predicted octanol–water partition coefficient (Wildman–Crippen LogP) is 5.11. The number of anilines is 1. The van der Waals surface area contributed by atoms with Crippen molar-refractivity contribution in [3.8, 4) is 11.3 Å². The van der Waals surface area contributed by atoms with Gasteiger partial charge < -0.3 is 10.1 Å². The van der Waals surface area contributed by atoms with E-state index in [0.717, 1.165) is 29.7 Å². The second kappa shape index (κ2) is 9.75. The molecule has 0 radical (unpaired) electrons. The van der Waals surface area contributed by atoms with Gasteiger partial charge in [-0.1, -0.05) is 61.5 Å². The molecule has 1 aliphatic heterocycles. The van der Waals surface area contributed by atoms with Crippen LogP contribution in [0.15, 0.2) is 60.0 Å². The predicted molar refractivity (Wildman–Crippen MR) is 122 cm³/mol. The molecule has 1 saturated heterocycles. The quantitative estimate of drug-likeness (QED) is 0.584. The van der Waals surface area contributed by atoms with Gasteiger partial charge in [-0.05, 0) is 30.4 Å². The molecule has 1 aromatic heterocycles. The summed E-state index contributed by atoms with van der Waals surface area (Å²) in [6, 6.07) is 17.2. The molecule has 0 bridgehead atoms. The van der Waals surface area contributed by atoms with E-state index in [-0.39, 0.29) is 12.5 Å². The van der Waals surface area contributed by atoms with Gasteiger partial charge in [-0.3, -0.25) is 9.69 Å². The van der Waals surface area contributed by atoms with Gasteiger partial charge in [0.15, 0.2) is 5.13 Å². The minimum atomic E-state index is -0.542. The van der Waals surface area contributed by atoms with Gasteiger partial charge >= 0.3 is 6.09 Å². The Morgan fingerprint density at radius 1 is 1.13 bits per heavy atom. The van der Waals surface area contributed by atoms with Crippen LogP contribution >= 0.6 is 11.3 Å². The number of hydrogen-bond acceptors (Lipinski definition) is 5. The zero-order valence-corrected chi connectivity index (χ0v) is 18.2. The van der Waals surface area contributed by atoms with Crippen LogP contribution in [-0.4, -0.2) is 34.5 Å². The van der Waals surface area contributed by atoms with Crippen LogP contribution in [-0.2, 0) is 22.6 Å². The monoisotopic (exact) mass is 435 g/mol. The first-order valence-corrected chi connectivity index (χ1v) is 11.3. The Kier molecular flexibility index (Phi) is 6.62. The van der Waals surface area contributed by atoms with Crippen molar-refractivity contribution in [2.75, 3.05) is 11.9 Å². The third-order valence-electron chi connectivity index (χ3n) is 5.39. The van der Waals surface area contributed by atoms with Crippen molar-refractivity contribution in [1.29, 1.82) is 0 Å². The summed E-state index contributed by atoms with van der Waals surface area (Å²) >= 11 is 1.38. The summed E-state index contributed by atoms with van der Waals surface area (Å²) in [6.45, 7) is 2.82. The van der Waals surface area contributed by atoms with Crippen LogP contribution in [0.4, 0.5) is 9.93 Å². The maximum absolute atomic E-state index is 12.8. The van der Waals surface area contributed by atoms with Crippen LogP contribution in [0.5, 0.6) is 0 Å². The maximum atomic E-state index is 12.8. The van der Waals surface area contributed by atoms with E-state index < -0.39 is 12.1 Å². The number of aromatic nitrogens is 1. The molecule has 3 aromatic rings. The van der Waals surface area contributed by atoms with E-state index in [9.17, 15) is 9.59 Å². The molecule has 2 amide bonds. The normalized spacial score (nSPS) is 15.6. The van der Waals surface area contributed by atoms with E-state index >= 15 is 0 Å². The Labute approximate surface area is 185 Å². The SMILES string of the molecule is CCc1ccc(-c2csc(NC(=O)C3CCCN3C(=O)OCc3ccccc3)n2)cc1. The Bertz CT molecular complexity index is 1030. The average Bonchev–Trinajstić information content (AvgIpc) is 3.48. The fourth-order valence-corrected chi connectivity index (χ4v) is 4.35. The van der Waals surface area contributed by atoms with Crippen LogP contribution in [0.2, 0.25) is 0 Å². The summed E-state index contributed by atoms with van der Waals surface area (Å²) in [7, 11) is 0. The first kappa shape index (κ1) is 21.1. The highest BCUT2D eigenvalue weighted by Crippen LogP contribution is 2.27. The van der Waals surface area contributed by atoms with E-state index in [1.165, 1.54) is 21.8 Å². The fraction of sp³-hybridized carbons (Fsp3) is 0.292. The van der Waals surface area contributed by atoms with E-state index in [4.69, 9.17) is 4.74 Å². The first-order chi connectivity index (χ1) is 15.1. The number of hydrogen-bond donors (Lipinski definition) is 1. The molecule has 7 heteroatoms. The Morgan fingerprint density at radius 3 is 2.65 bits per heavy atom. The zero-order valence-electron chi connectivity index (χ0n) is 17.4.